The smallest absolute Gasteiger partial charge is 0.414 e. The molecule has 0 bridgehead atoms. The second kappa shape index (κ2) is 10.8. The zero-order valence-corrected chi connectivity index (χ0v) is 16.8. The number of aromatic nitrogens is 2. The van der Waals surface area contributed by atoms with Gasteiger partial charge in [0.15, 0.2) is 6.61 Å². The molecule has 1 aliphatic rings. The van der Waals surface area contributed by atoms with Crippen molar-refractivity contribution in [1.82, 2.24) is 15.5 Å². The van der Waals surface area contributed by atoms with Crippen LogP contribution in [0.2, 0.25) is 0 Å². The van der Waals surface area contributed by atoms with Gasteiger partial charge >= 0.3 is 6.08 Å². The average Bonchev–Trinajstić information content (AvgIpc) is 3.20. The number of nitrogens with one attached hydrogen (secondary N) is 1. The van der Waals surface area contributed by atoms with E-state index < -0.39 is 0 Å². The predicted octanol–water partition coefficient (Wildman–Crippen LogP) is 2.21. The fourth-order valence-corrected chi connectivity index (χ4v) is 2.85. The Balaban J connectivity index is 1.36. The second-order valence-corrected chi connectivity index (χ2v) is 6.72. The maximum Gasteiger partial charge on any atom is 0.414 e. The molecule has 2 atom stereocenters. The summed E-state index contributed by atoms with van der Waals surface area (Å²) >= 11 is 0. The van der Waals surface area contributed by atoms with Gasteiger partial charge in [0, 0.05) is 6.61 Å². The molecule has 0 aliphatic carbocycles. The van der Waals surface area contributed by atoms with E-state index in [0.29, 0.717) is 44.5 Å². The third-order valence-corrected chi connectivity index (χ3v) is 4.39. The van der Waals surface area contributed by atoms with Crippen molar-refractivity contribution in [3.8, 4) is 11.8 Å². The van der Waals surface area contributed by atoms with Gasteiger partial charge in [-0.3, -0.25) is 4.79 Å². The van der Waals surface area contributed by atoms with Gasteiger partial charge in [-0.15, -0.1) is 5.10 Å². The van der Waals surface area contributed by atoms with Crippen LogP contribution in [0.1, 0.15) is 37.3 Å². The number of rotatable bonds is 10. The van der Waals surface area contributed by atoms with Gasteiger partial charge in [0.05, 0.1) is 19.3 Å². The minimum absolute atomic E-state index is 0.0326. The summed E-state index contributed by atoms with van der Waals surface area (Å²) in [5.74, 6) is 0.866. The quantitative estimate of drug-likeness (QED) is 0.600. The summed E-state index contributed by atoms with van der Waals surface area (Å²) in [7, 11) is 0. The summed E-state index contributed by atoms with van der Waals surface area (Å²) in [6.45, 7) is 5.68. The average molecular weight is 405 g/mol. The van der Waals surface area contributed by atoms with Crippen LogP contribution in [0.5, 0.6) is 11.8 Å². The first kappa shape index (κ1) is 21.1. The molecule has 2 heterocycles. The van der Waals surface area contributed by atoms with Crippen molar-refractivity contribution in [2.75, 3.05) is 33.0 Å². The Morgan fingerprint density at radius 3 is 2.72 bits per heavy atom. The normalized spacial score (nSPS) is 19.0. The molecule has 0 radical (unpaired) electrons. The van der Waals surface area contributed by atoms with Gasteiger partial charge in [0.25, 0.3) is 5.91 Å². The maximum absolute atomic E-state index is 12.1. The van der Waals surface area contributed by atoms with Crippen LogP contribution in [0.4, 0.5) is 0 Å². The highest BCUT2D eigenvalue weighted by Gasteiger charge is 2.28. The first-order valence-electron chi connectivity index (χ1n) is 9.78. The van der Waals surface area contributed by atoms with Crippen LogP contribution >= 0.6 is 0 Å². The molecule has 0 unspecified atom stereocenters. The Morgan fingerprint density at radius 2 is 2.00 bits per heavy atom. The highest BCUT2D eigenvalue weighted by Crippen LogP contribution is 2.28. The maximum atomic E-state index is 12.1. The van der Waals surface area contributed by atoms with Crippen molar-refractivity contribution in [2.24, 2.45) is 0 Å². The minimum atomic E-state index is -0.302. The Kier molecular flexibility index (Phi) is 7.83. The topological polar surface area (TPSA) is 105 Å². The van der Waals surface area contributed by atoms with Crippen LogP contribution in [-0.2, 0) is 14.3 Å². The van der Waals surface area contributed by atoms with Crippen LogP contribution in [0.25, 0.3) is 0 Å². The predicted molar refractivity (Wildman–Crippen MR) is 103 cm³/mol. The monoisotopic (exact) mass is 405 g/mol. The second-order valence-electron chi connectivity index (χ2n) is 6.72. The lowest BCUT2D eigenvalue weighted by molar-refractivity contribution is -0.125. The van der Waals surface area contributed by atoms with Crippen molar-refractivity contribution in [2.45, 2.75) is 38.8 Å². The summed E-state index contributed by atoms with van der Waals surface area (Å²) in [5, 5.41) is 10.8. The van der Waals surface area contributed by atoms with Gasteiger partial charge in [-0.1, -0.05) is 22.8 Å². The van der Waals surface area contributed by atoms with Crippen molar-refractivity contribution in [3.05, 3.63) is 35.7 Å². The standard InChI is InChI=1S/C20H27N3O6/c1-3-25-10-11-26-20-23-22-19(29-20)17-9-6-15(12-28-17)21-18(24)13-27-16-7-4-14(2)5-8-16/h4-5,7-8,15,17H,3,6,9-13H2,1-2H3,(H,21,24)/t15-,17+/m0/s1. The van der Waals surface area contributed by atoms with Crippen LogP contribution in [-0.4, -0.2) is 55.2 Å². The largest absolute Gasteiger partial charge is 0.484 e. The van der Waals surface area contributed by atoms with E-state index in [9.17, 15) is 4.79 Å². The molecule has 1 amide bonds. The lowest BCUT2D eigenvalue weighted by Crippen LogP contribution is -2.43. The summed E-state index contributed by atoms with van der Waals surface area (Å²) in [4.78, 5) is 12.1. The molecule has 0 saturated carbocycles. The first-order chi connectivity index (χ1) is 14.1. The molecule has 2 aromatic rings. The van der Waals surface area contributed by atoms with Crippen LogP contribution in [0.3, 0.4) is 0 Å². The molecule has 158 valence electrons. The SMILES string of the molecule is CCOCCOc1nnc([C@H]2CC[C@H](NC(=O)COc3ccc(C)cc3)CO2)o1. The first-order valence-corrected chi connectivity index (χ1v) is 9.78. The zero-order valence-electron chi connectivity index (χ0n) is 16.8. The van der Waals surface area contributed by atoms with E-state index in [-0.39, 0.29) is 30.7 Å². The van der Waals surface area contributed by atoms with Gasteiger partial charge < -0.3 is 28.7 Å². The van der Waals surface area contributed by atoms with Crippen molar-refractivity contribution in [1.29, 1.82) is 0 Å². The van der Waals surface area contributed by atoms with E-state index >= 15 is 0 Å². The molecular formula is C20H27N3O6. The van der Waals surface area contributed by atoms with E-state index in [2.05, 4.69) is 15.5 Å². The number of nitrogens with zero attached hydrogens (tertiary/aromatic N) is 2. The number of hydrogen-bond donors (Lipinski definition) is 1. The van der Waals surface area contributed by atoms with Crippen molar-refractivity contribution in [3.63, 3.8) is 0 Å². The molecular weight excluding hydrogens is 378 g/mol. The number of ether oxygens (including phenoxy) is 4. The molecule has 9 nitrogen and oxygen atoms in total. The Labute approximate surface area is 169 Å². The Morgan fingerprint density at radius 1 is 1.17 bits per heavy atom. The molecule has 1 fully saturated rings. The van der Waals surface area contributed by atoms with E-state index in [1.54, 1.807) is 0 Å². The Hall–Kier alpha value is -2.65. The summed E-state index contributed by atoms with van der Waals surface area (Å²) in [6.07, 6.45) is 1.20. The zero-order chi connectivity index (χ0) is 20.5. The number of carbonyl (C=O) groups excluding carboxylic acids is 1. The number of carbonyl (C=O) groups is 1. The van der Waals surface area contributed by atoms with E-state index in [1.165, 1.54) is 0 Å². The number of benzene rings is 1. The highest BCUT2D eigenvalue weighted by atomic mass is 16.6. The molecule has 1 N–H and O–H groups in total. The molecule has 0 spiro atoms. The highest BCUT2D eigenvalue weighted by molar-refractivity contribution is 5.77. The van der Waals surface area contributed by atoms with Gasteiger partial charge in [-0.25, -0.2) is 0 Å². The molecule has 1 aromatic carbocycles. The van der Waals surface area contributed by atoms with Crippen LogP contribution in [0.15, 0.2) is 28.7 Å². The summed E-state index contributed by atoms with van der Waals surface area (Å²) in [6, 6.07) is 7.49. The lowest BCUT2D eigenvalue weighted by Gasteiger charge is -2.27. The number of hydrogen-bond acceptors (Lipinski definition) is 8. The molecule has 1 aromatic heterocycles. The van der Waals surface area contributed by atoms with E-state index in [4.69, 9.17) is 23.4 Å². The van der Waals surface area contributed by atoms with Gasteiger partial charge in [0.2, 0.25) is 5.89 Å². The van der Waals surface area contributed by atoms with Gasteiger partial charge in [-0.2, -0.15) is 0 Å². The molecule has 3 rings (SSSR count). The van der Waals surface area contributed by atoms with E-state index in [1.807, 2.05) is 38.1 Å². The molecule has 1 aliphatic heterocycles. The fraction of sp³-hybridized carbons (Fsp3) is 0.550. The molecule has 9 heteroatoms. The third kappa shape index (κ3) is 6.72. The van der Waals surface area contributed by atoms with E-state index in [0.717, 1.165) is 12.0 Å². The minimum Gasteiger partial charge on any atom is -0.484 e. The number of aryl methyl sites for hydroxylation is 1. The number of amides is 1. The van der Waals surface area contributed by atoms with Crippen molar-refractivity contribution >= 4 is 5.91 Å². The van der Waals surface area contributed by atoms with Gasteiger partial charge in [0.1, 0.15) is 18.5 Å². The van der Waals surface area contributed by atoms with Crippen LogP contribution < -0.4 is 14.8 Å². The van der Waals surface area contributed by atoms with Crippen molar-refractivity contribution < 1.29 is 28.2 Å². The summed E-state index contributed by atoms with van der Waals surface area (Å²) < 4.78 is 27.3. The summed E-state index contributed by atoms with van der Waals surface area (Å²) in [5.41, 5.74) is 1.14. The van der Waals surface area contributed by atoms with Crippen LogP contribution in [0, 0.1) is 6.92 Å². The molecule has 1 saturated heterocycles. The molecule has 29 heavy (non-hydrogen) atoms. The fourth-order valence-electron chi connectivity index (χ4n) is 2.85. The lowest BCUT2D eigenvalue weighted by atomic mass is 10.1. The van der Waals surface area contributed by atoms with Gasteiger partial charge in [-0.05, 0) is 38.8 Å². The third-order valence-electron chi connectivity index (χ3n) is 4.39. The Bertz CT molecular complexity index is 756.